The lowest BCUT2D eigenvalue weighted by Gasteiger charge is -2.10. The summed E-state index contributed by atoms with van der Waals surface area (Å²) in [5.41, 5.74) is 6.96. The van der Waals surface area contributed by atoms with Crippen molar-refractivity contribution in [2.24, 2.45) is 5.73 Å². The third kappa shape index (κ3) is 4.90. The molecule has 0 aliphatic heterocycles. The smallest absolute Gasteiger partial charge is 0.122 e. The fourth-order valence-electron chi connectivity index (χ4n) is 1.50. The Hall–Kier alpha value is -0.670. The van der Waals surface area contributed by atoms with Gasteiger partial charge in [-0.2, -0.15) is 12.6 Å². The summed E-state index contributed by atoms with van der Waals surface area (Å²) in [7, 11) is 0. The molecule has 0 aliphatic rings. The van der Waals surface area contributed by atoms with Gasteiger partial charge in [-0.05, 0) is 37.8 Å². The summed E-state index contributed by atoms with van der Waals surface area (Å²) < 4.78 is 5.69. The van der Waals surface area contributed by atoms with Crippen molar-refractivity contribution in [3.05, 3.63) is 29.8 Å². The van der Waals surface area contributed by atoms with E-state index in [1.165, 1.54) is 5.56 Å². The molecule has 0 aliphatic carbocycles. The monoisotopic (exact) mass is 239 g/mol. The number of unbranched alkanes of at least 4 members (excludes halogenated alkanes) is 1. The first-order chi connectivity index (χ1) is 7.74. The van der Waals surface area contributed by atoms with Crippen molar-refractivity contribution in [2.45, 2.75) is 32.2 Å². The Labute approximate surface area is 104 Å². The van der Waals surface area contributed by atoms with E-state index in [4.69, 9.17) is 10.5 Å². The lowest BCUT2D eigenvalue weighted by atomic mass is 10.1. The van der Waals surface area contributed by atoms with Gasteiger partial charge in [0.2, 0.25) is 0 Å². The van der Waals surface area contributed by atoms with Gasteiger partial charge in [0.25, 0.3) is 0 Å². The van der Waals surface area contributed by atoms with Gasteiger partial charge < -0.3 is 10.5 Å². The van der Waals surface area contributed by atoms with Gasteiger partial charge in [0.05, 0.1) is 6.61 Å². The van der Waals surface area contributed by atoms with Crippen LogP contribution >= 0.6 is 12.6 Å². The predicted octanol–water partition coefficient (Wildman–Crippen LogP) is 2.80. The molecule has 0 fully saturated rings. The Morgan fingerprint density at radius 3 is 2.75 bits per heavy atom. The van der Waals surface area contributed by atoms with Gasteiger partial charge in [-0.15, -0.1) is 0 Å². The molecular weight excluding hydrogens is 218 g/mol. The standard InChI is InChI=1S/C13H21NOS/c1-11-6-2-3-8-13(11)15-9-5-4-7-12(14)10-16/h2-3,6,8,12,16H,4-5,7,9-10,14H2,1H3/t12-/m1/s1. The highest BCUT2D eigenvalue weighted by Crippen LogP contribution is 2.16. The molecule has 16 heavy (non-hydrogen) atoms. The molecule has 1 rings (SSSR count). The molecule has 1 aromatic carbocycles. The third-order valence-electron chi connectivity index (χ3n) is 2.55. The molecule has 0 amide bonds. The van der Waals surface area contributed by atoms with Crippen LogP contribution in [-0.2, 0) is 0 Å². The maximum Gasteiger partial charge on any atom is 0.122 e. The summed E-state index contributed by atoms with van der Waals surface area (Å²) in [6.45, 7) is 2.83. The van der Waals surface area contributed by atoms with Crippen molar-refractivity contribution in [2.75, 3.05) is 12.4 Å². The van der Waals surface area contributed by atoms with E-state index in [0.29, 0.717) is 0 Å². The Kier molecular flexibility index (Phi) is 6.34. The molecule has 1 aromatic rings. The number of rotatable bonds is 7. The van der Waals surface area contributed by atoms with Crippen molar-refractivity contribution in [3.8, 4) is 5.75 Å². The van der Waals surface area contributed by atoms with Gasteiger partial charge in [0.15, 0.2) is 0 Å². The molecule has 0 radical (unpaired) electrons. The van der Waals surface area contributed by atoms with Crippen LogP contribution in [0, 0.1) is 6.92 Å². The second-order valence-corrected chi connectivity index (χ2v) is 4.42. The number of benzene rings is 1. The zero-order valence-electron chi connectivity index (χ0n) is 9.86. The zero-order valence-corrected chi connectivity index (χ0v) is 10.7. The first-order valence-corrected chi connectivity index (χ1v) is 6.42. The maximum absolute atomic E-state index is 5.77. The molecule has 2 nitrogen and oxygen atoms in total. The number of hydrogen-bond acceptors (Lipinski definition) is 3. The topological polar surface area (TPSA) is 35.2 Å². The molecule has 0 spiro atoms. The largest absolute Gasteiger partial charge is 0.493 e. The fraction of sp³-hybridized carbons (Fsp3) is 0.538. The molecule has 0 aromatic heterocycles. The Morgan fingerprint density at radius 1 is 1.31 bits per heavy atom. The Morgan fingerprint density at radius 2 is 2.06 bits per heavy atom. The number of nitrogens with two attached hydrogens (primary N) is 1. The summed E-state index contributed by atoms with van der Waals surface area (Å²) >= 11 is 4.15. The van der Waals surface area contributed by atoms with Crippen LogP contribution in [0.25, 0.3) is 0 Å². The second kappa shape index (κ2) is 7.58. The minimum Gasteiger partial charge on any atom is -0.493 e. The normalized spacial score (nSPS) is 12.4. The van der Waals surface area contributed by atoms with Crippen LogP contribution < -0.4 is 10.5 Å². The van der Waals surface area contributed by atoms with Gasteiger partial charge in [-0.25, -0.2) is 0 Å². The van der Waals surface area contributed by atoms with Crippen LogP contribution in [0.5, 0.6) is 5.75 Å². The summed E-state index contributed by atoms with van der Waals surface area (Å²) in [5, 5.41) is 0. The van der Waals surface area contributed by atoms with E-state index in [-0.39, 0.29) is 6.04 Å². The quantitative estimate of drug-likeness (QED) is 0.567. The number of aryl methyl sites for hydroxylation is 1. The third-order valence-corrected chi connectivity index (χ3v) is 3.02. The maximum atomic E-state index is 5.77. The SMILES string of the molecule is Cc1ccccc1OCCCC[C@@H](N)CS. The van der Waals surface area contributed by atoms with Crippen molar-refractivity contribution in [1.29, 1.82) is 0 Å². The van der Waals surface area contributed by atoms with Gasteiger partial charge >= 0.3 is 0 Å². The summed E-state index contributed by atoms with van der Waals surface area (Å²) in [6.07, 6.45) is 3.18. The fourth-order valence-corrected chi connectivity index (χ4v) is 1.68. The van der Waals surface area contributed by atoms with Crippen molar-refractivity contribution in [1.82, 2.24) is 0 Å². The number of thiol groups is 1. The van der Waals surface area contributed by atoms with Crippen molar-refractivity contribution < 1.29 is 4.74 Å². The van der Waals surface area contributed by atoms with Crippen LogP contribution in [0.4, 0.5) is 0 Å². The second-order valence-electron chi connectivity index (χ2n) is 4.05. The van der Waals surface area contributed by atoms with Crippen LogP contribution in [0.2, 0.25) is 0 Å². The van der Waals surface area contributed by atoms with Gasteiger partial charge in [-0.1, -0.05) is 18.2 Å². The molecule has 0 heterocycles. The van der Waals surface area contributed by atoms with Gasteiger partial charge in [0, 0.05) is 11.8 Å². The van der Waals surface area contributed by atoms with E-state index in [2.05, 4.69) is 25.6 Å². The van der Waals surface area contributed by atoms with E-state index < -0.39 is 0 Å². The number of para-hydroxylation sites is 1. The minimum atomic E-state index is 0.224. The first kappa shape index (κ1) is 13.4. The highest BCUT2D eigenvalue weighted by atomic mass is 32.1. The van der Waals surface area contributed by atoms with Gasteiger partial charge in [0.1, 0.15) is 5.75 Å². The summed E-state index contributed by atoms with van der Waals surface area (Å²) in [5.74, 6) is 1.75. The zero-order chi connectivity index (χ0) is 11.8. The number of hydrogen-bond donors (Lipinski definition) is 2. The summed E-state index contributed by atoms with van der Waals surface area (Å²) in [6, 6.07) is 8.32. The van der Waals surface area contributed by atoms with Crippen LogP contribution in [0.1, 0.15) is 24.8 Å². The molecule has 1 atom stereocenters. The van der Waals surface area contributed by atoms with Crippen LogP contribution in [0.15, 0.2) is 24.3 Å². The van der Waals surface area contributed by atoms with Gasteiger partial charge in [-0.3, -0.25) is 0 Å². The average molecular weight is 239 g/mol. The Bertz CT molecular complexity index is 304. The minimum absolute atomic E-state index is 0.224. The van der Waals surface area contributed by atoms with Crippen LogP contribution in [-0.4, -0.2) is 18.4 Å². The number of ether oxygens (including phenoxy) is 1. The van der Waals surface area contributed by atoms with E-state index in [1.54, 1.807) is 0 Å². The van der Waals surface area contributed by atoms with Crippen LogP contribution in [0.3, 0.4) is 0 Å². The van der Waals surface area contributed by atoms with E-state index in [9.17, 15) is 0 Å². The van der Waals surface area contributed by atoms with E-state index in [1.807, 2.05) is 18.2 Å². The predicted molar refractivity (Wildman–Crippen MR) is 72.4 cm³/mol. The molecule has 90 valence electrons. The average Bonchev–Trinajstić information content (AvgIpc) is 2.30. The molecule has 0 saturated carbocycles. The molecule has 3 heteroatoms. The molecule has 0 unspecified atom stereocenters. The van der Waals surface area contributed by atoms with Crippen molar-refractivity contribution in [3.63, 3.8) is 0 Å². The lowest BCUT2D eigenvalue weighted by molar-refractivity contribution is 0.302. The molecular formula is C13H21NOS. The van der Waals surface area contributed by atoms with E-state index in [0.717, 1.165) is 37.4 Å². The molecule has 0 saturated heterocycles. The first-order valence-electron chi connectivity index (χ1n) is 5.79. The lowest BCUT2D eigenvalue weighted by Crippen LogP contribution is -2.21. The summed E-state index contributed by atoms with van der Waals surface area (Å²) in [4.78, 5) is 0. The highest BCUT2D eigenvalue weighted by Gasteiger charge is 2.00. The highest BCUT2D eigenvalue weighted by molar-refractivity contribution is 7.80. The van der Waals surface area contributed by atoms with E-state index >= 15 is 0 Å². The molecule has 0 bridgehead atoms. The van der Waals surface area contributed by atoms with Crippen molar-refractivity contribution >= 4 is 12.6 Å². The Balaban J connectivity index is 2.14. The molecule has 2 N–H and O–H groups in total.